The van der Waals surface area contributed by atoms with Gasteiger partial charge in [0.15, 0.2) is 5.82 Å². The molecule has 11 heteroatoms. The van der Waals surface area contributed by atoms with E-state index in [0.717, 1.165) is 0 Å². The van der Waals surface area contributed by atoms with Crippen molar-refractivity contribution in [3.05, 3.63) is 67.5 Å². The third kappa shape index (κ3) is 4.32. The Hall–Kier alpha value is -1.68. The van der Waals surface area contributed by atoms with E-state index < -0.39 is 12.1 Å². The van der Waals surface area contributed by atoms with E-state index in [-0.39, 0.29) is 22.2 Å². The Morgan fingerprint density at radius 2 is 2.00 bits per heavy atom. The summed E-state index contributed by atoms with van der Waals surface area (Å²) >= 11 is 21.7. The van der Waals surface area contributed by atoms with Crippen LogP contribution in [0.3, 0.4) is 0 Å². The molecule has 0 aliphatic carbocycles. The molecule has 2 heterocycles. The standard InChI is InChI=1S/C17H13BrCl3N5O2/c1-22-16(27)9-5-8(19)6-11(21)14(9)24-17(28)12-7-13(18)25-26(12)15-10(20)3-2-4-23-15/h2-7,16,22,27H,1H3,(H,24,28). The monoisotopic (exact) mass is 503 g/mol. The zero-order chi connectivity index (χ0) is 20.4. The summed E-state index contributed by atoms with van der Waals surface area (Å²) in [5.74, 6) is -0.244. The topological polar surface area (TPSA) is 92.1 Å². The van der Waals surface area contributed by atoms with E-state index in [4.69, 9.17) is 34.8 Å². The SMILES string of the molecule is CNC(O)c1cc(Cl)cc(Cl)c1NC(=O)c1cc(Br)nn1-c1ncccc1Cl. The molecule has 3 aromatic rings. The lowest BCUT2D eigenvalue weighted by molar-refractivity contribution is 0.101. The van der Waals surface area contributed by atoms with Crippen molar-refractivity contribution < 1.29 is 9.90 Å². The first-order valence-corrected chi connectivity index (χ1v) is 9.76. The predicted molar refractivity (Wildman–Crippen MR) is 113 cm³/mol. The highest BCUT2D eigenvalue weighted by Crippen LogP contribution is 2.34. The number of hydrogen-bond donors (Lipinski definition) is 3. The Bertz CT molecular complexity index is 1040. The molecule has 0 saturated carbocycles. The number of halogens is 4. The molecule has 146 valence electrons. The number of aromatic nitrogens is 3. The van der Waals surface area contributed by atoms with Gasteiger partial charge in [-0.15, -0.1) is 0 Å². The molecule has 0 aliphatic heterocycles. The number of aliphatic hydroxyl groups excluding tert-OH is 1. The van der Waals surface area contributed by atoms with Crippen molar-refractivity contribution in [1.82, 2.24) is 20.1 Å². The molecular weight excluding hydrogens is 492 g/mol. The summed E-state index contributed by atoms with van der Waals surface area (Å²) in [5, 5.41) is 20.6. The van der Waals surface area contributed by atoms with Crippen molar-refractivity contribution >= 4 is 62.3 Å². The van der Waals surface area contributed by atoms with Crippen LogP contribution in [0.2, 0.25) is 15.1 Å². The van der Waals surface area contributed by atoms with Gasteiger partial charge in [0.25, 0.3) is 5.91 Å². The van der Waals surface area contributed by atoms with E-state index in [1.165, 1.54) is 29.1 Å². The fraction of sp³-hybridized carbons (Fsp3) is 0.118. The first-order chi connectivity index (χ1) is 13.3. The molecule has 1 unspecified atom stereocenters. The highest BCUT2D eigenvalue weighted by molar-refractivity contribution is 9.10. The van der Waals surface area contributed by atoms with Gasteiger partial charge >= 0.3 is 0 Å². The van der Waals surface area contributed by atoms with Gasteiger partial charge in [0.05, 0.1) is 15.7 Å². The van der Waals surface area contributed by atoms with Crippen molar-refractivity contribution in [2.45, 2.75) is 6.23 Å². The number of hydrogen-bond acceptors (Lipinski definition) is 5. The molecule has 3 N–H and O–H groups in total. The van der Waals surface area contributed by atoms with Crippen LogP contribution in [0, 0.1) is 0 Å². The third-order valence-electron chi connectivity index (χ3n) is 3.74. The molecule has 1 amide bonds. The third-order valence-corrected chi connectivity index (χ3v) is 4.94. The molecule has 0 aliphatic rings. The van der Waals surface area contributed by atoms with Gasteiger partial charge in [-0.3, -0.25) is 10.1 Å². The van der Waals surface area contributed by atoms with Crippen molar-refractivity contribution in [2.24, 2.45) is 0 Å². The van der Waals surface area contributed by atoms with E-state index in [1.807, 2.05) is 0 Å². The van der Waals surface area contributed by atoms with Crippen LogP contribution in [0.1, 0.15) is 22.3 Å². The van der Waals surface area contributed by atoms with Gasteiger partial charge in [-0.05, 0) is 47.2 Å². The maximum Gasteiger partial charge on any atom is 0.274 e. The van der Waals surface area contributed by atoms with E-state index >= 15 is 0 Å². The minimum atomic E-state index is -1.09. The summed E-state index contributed by atoms with van der Waals surface area (Å²) in [6, 6.07) is 7.79. The van der Waals surface area contributed by atoms with E-state index in [2.05, 4.69) is 36.6 Å². The maximum absolute atomic E-state index is 13.0. The molecule has 28 heavy (non-hydrogen) atoms. The summed E-state index contributed by atoms with van der Waals surface area (Å²) in [5.41, 5.74) is 0.687. The molecule has 1 atom stereocenters. The number of nitrogens with one attached hydrogen (secondary N) is 2. The van der Waals surface area contributed by atoms with Gasteiger partial charge in [0, 0.05) is 22.8 Å². The maximum atomic E-state index is 13.0. The van der Waals surface area contributed by atoms with E-state index in [0.29, 0.717) is 20.2 Å². The van der Waals surface area contributed by atoms with Crippen LogP contribution in [0.25, 0.3) is 5.82 Å². The van der Waals surface area contributed by atoms with Crippen LogP contribution in [-0.2, 0) is 0 Å². The fourth-order valence-corrected chi connectivity index (χ4v) is 3.62. The van der Waals surface area contributed by atoms with Crippen LogP contribution >= 0.6 is 50.7 Å². The van der Waals surface area contributed by atoms with Crippen LogP contribution in [0.4, 0.5) is 5.69 Å². The molecule has 0 radical (unpaired) electrons. The Labute approximate surface area is 183 Å². The van der Waals surface area contributed by atoms with Gasteiger partial charge < -0.3 is 10.4 Å². The molecule has 0 saturated heterocycles. The van der Waals surface area contributed by atoms with Gasteiger partial charge in [-0.2, -0.15) is 5.10 Å². The molecule has 2 aromatic heterocycles. The summed E-state index contributed by atoms with van der Waals surface area (Å²) in [6.45, 7) is 0. The average molecular weight is 506 g/mol. The van der Waals surface area contributed by atoms with Crippen molar-refractivity contribution in [2.75, 3.05) is 12.4 Å². The first-order valence-electron chi connectivity index (χ1n) is 7.84. The molecule has 0 bridgehead atoms. The van der Waals surface area contributed by atoms with Gasteiger partial charge in [0.1, 0.15) is 16.5 Å². The summed E-state index contributed by atoms with van der Waals surface area (Å²) in [6.07, 6.45) is 0.448. The van der Waals surface area contributed by atoms with Crippen molar-refractivity contribution in [3.8, 4) is 5.82 Å². The van der Waals surface area contributed by atoms with Gasteiger partial charge in [-0.1, -0.05) is 34.8 Å². The quantitative estimate of drug-likeness (QED) is 0.446. The lowest BCUT2D eigenvalue weighted by atomic mass is 10.1. The Balaban J connectivity index is 2.03. The molecular formula is C17H13BrCl3N5O2. The second kappa shape index (κ2) is 8.77. The van der Waals surface area contributed by atoms with Crippen LogP contribution in [0.5, 0.6) is 0 Å². The zero-order valence-electron chi connectivity index (χ0n) is 14.3. The van der Waals surface area contributed by atoms with E-state index in [1.54, 1.807) is 19.2 Å². The van der Waals surface area contributed by atoms with Gasteiger partial charge in [-0.25, -0.2) is 9.67 Å². The van der Waals surface area contributed by atoms with Crippen LogP contribution < -0.4 is 10.6 Å². The molecule has 7 nitrogen and oxygen atoms in total. The first kappa shape index (κ1) is 21.0. The fourth-order valence-electron chi connectivity index (χ4n) is 2.48. The number of rotatable bonds is 5. The number of anilines is 1. The van der Waals surface area contributed by atoms with Crippen LogP contribution in [0.15, 0.2) is 41.1 Å². The average Bonchev–Trinajstić information content (AvgIpc) is 3.05. The van der Waals surface area contributed by atoms with E-state index in [9.17, 15) is 9.90 Å². The number of benzene rings is 1. The number of amides is 1. The van der Waals surface area contributed by atoms with Crippen molar-refractivity contribution in [3.63, 3.8) is 0 Å². The minimum absolute atomic E-state index is 0.156. The lowest BCUT2D eigenvalue weighted by Gasteiger charge is -2.18. The second-order valence-corrected chi connectivity index (χ2v) is 7.63. The Morgan fingerprint density at radius 1 is 1.25 bits per heavy atom. The summed E-state index contributed by atoms with van der Waals surface area (Å²) in [4.78, 5) is 17.2. The molecule has 0 spiro atoms. The number of pyridine rings is 1. The largest absolute Gasteiger partial charge is 0.374 e. The van der Waals surface area contributed by atoms with Crippen LogP contribution in [-0.4, -0.2) is 32.8 Å². The smallest absolute Gasteiger partial charge is 0.274 e. The summed E-state index contributed by atoms with van der Waals surface area (Å²) < 4.78 is 1.72. The number of nitrogens with zero attached hydrogens (tertiary/aromatic N) is 3. The molecule has 0 fully saturated rings. The highest BCUT2D eigenvalue weighted by Gasteiger charge is 2.22. The van der Waals surface area contributed by atoms with Crippen molar-refractivity contribution in [1.29, 1.82) is 0 Å². The molecule has 3 rings (SSSR count). The number of aliphatic hydroxyl groups is 1. The predicted octanol–water partition coefficient (Wildman–Crippen LogP) is 4.45. The van der Waals surface area contributed by atoms with Gasteiger partial charge in [0.2, 0.25) is 0 Å². The number of carbonyl (C=O) groups is 1. The highest BCUT2D eigenvalue weighted by atomic mass is 79.9. The Morgan fingerprint density at radius 3 is 2.68 bits per heavy atom. The number of carbonyl (C=O) groups excluding carboxylic acids is 1. The minimum Gasteiger partial charge on any atom is -0.374 e. The lowest BCUT2D eigenvalue weighted by Crippen LogP contribution is -2.22. The Kier molecular flexibility index (Phi) is 6.59. The zero-order valence-corrected chi connectivity index (χ0v) is 18.1. The normalized spacial score (nSPS) is 12.1. The molecule has 1 aromatic carbocycles. The second-order valence-electron chi connectivity index (χ2n) is 5.57. The summed E-state index contributed by atoms with van der Waals surface area (Å²) in [7, 11) is 1.56.